The van der Waals surface area contributed by atoms with Gasteiger partial charge in [0, 0.05) is 17.6 Å². The van der Waals surface area contributed by atoms with Gasteiger partial charge in [-0.15, -0.1) is 0 Å². The average Bonchev–Trinajstić information content (AvgIpc) is 2.62. The number of halogens is 1. The van der Waals surface area contributed by atoms with E-state index in [1.807, 2.05) is 12.1 Å². The zero-order valence-corrected chi connectivity index (χ0v) is 9.05. The van der Waals surface area contributed by atoms with E-state index in [1.165, 1.54) is 18.5 Å². The maximum absolute atomic E-state index is 5.97. The fourth-order valence-corrected chi connectivity index (χ4v) is 2.12. The average molecular weight is 241 g/mol. The van der Waals surface area contributed by atoms with Gasteiger partial charge in [-0.2, -0.15) is 0 Å². The van der Waals surface area contributed by atoms with Crippen molar-refractivity contribution in [1.82, 2.24) is 0 Å². The van der Waals surface area contributed by atoms with Crippen molar-refractivity contribution < 1.29 is 0 Å². The van der Waals surface area contributed by atoms with Crippen LogP contribution in [-0.2, 0) is 0 Å². The molecule has 1 heterocycles. The molecule has 3 heteroatoms. The van der Waals surface area contributed by atoms with E-state index in [0.29, 0.717) is 0 Å². The Balaban J connectivity index is 2.33. The Morgan fingerprint density at radius 3 is 2.62 bits per heavy atom. The Kier molecular flexibility index (Phi) is 2.44. The van der Waals surface area contributed by atoms with E-state index >= 15 is 0 Å². The molecule has 13 heavy (non-hydrogen) atoms. The quantitative estimate of drug-likeness (QED) is 0.766. The van der Waals surface area contributed by atoms with Gasteiger partial charge in [-0.05, 0) is 40.9 Å². The van der Waals surface area contributed by atoms with Crippen LogP contribution in [0.5, 0.6) is 0 Å². The van der Waals surface area contributed by atoms with Gasteiger partial charge in [0.25, 0.3) is 0 Å². The summed E-state index contributed by atoms with van der Waals surface area (Å²) in [7, 11) is 0. The molecule has 0 radical (unpaired) electrons. The normalized spacial score (nSPS) is 16.5. The molecule has 1 aromatic carbocycles. The van der Waals surface area contributed by atoms with Crippen LogP contribution in [0.15, 0.2) is 22.7 Å². The van der Waals surface area contributed by atoms with E-state index in [-0.39, 0.29) is 0 Å². The van der Waals surface area contributed by atoms with E-state index in [0.717, 1.165) is 23.2 Å². The molecular formula is C10H13BrN2. The Labute approximate surface area is 86.9 Å². The fraction of sp³-hybridized carbons (Fsp3) is 0.400. The number of nitrogen functional groups attached to an aromatic ring is 1. The Morgan fingerprint density at radius 2 is 1.92 bits per heavy atom. The third-order valence-corrected chi connectivity index (χ3v) is 3.17. The standard InChI is InChI=1S/C10H13BrN2/c11-8-4-3-5-9(10(8)12)13-6-1-2-7-13/h3-5H,1-2,6-7,12H2. The second-order valence-corrected chi connectivity index (χ2v) is 4.22. The largest absolute Gasteiger partial charge is 0.396 e. The van der Waals surface area contributed by atoms with Gasteiger partial charge in [-0.3, -0.25) is 0 Å². The van der Waals surface area contributed by atoms with Crippen molar-refractivity contribution in [2.24, 2.45) is 0 Å². The van der Waals surface area contributed by atoms with Crippen molar-refractivity contribution in [2.45, 2.75) is 12.8 Å². The van der Waals surface area contributed by atoms with E-state index in [9.17, 15) is 0 Å². The highest BCUT2D eigenvalue weighted by Crippen LogP contribution is 2.32. The first-order chi connectivity index (χ1) is 6.29. The lowest BCUT2D eigenvalue weighted by Crippen LogP contribution is -2.18. The third kappa shape index (κ3) is 1.66. The summed E-state index contributed by atoms with van der Waals surface area (Å²) in [4.78, 5) is 2.35. The van der Waals surface area contributed by atoms with E-state index in [1.54, 1.807) is 0 Å². The van der Waals surface area contributed by atoms with Gasteiger partial charge in [0.1, 0.15) is 0 Å². The maximum Gasteiger partial charge on any atom is 0.0696 e. The molecule has 1 fully saturated rings. The molecule has 2 rings (SSSR count). The first kappa shape index (κ1) is 8.88. The topological polar surface area (TPSA) is 29.3 Å². The molecule has 1 aliphatic rings. The van der Waals surface area contributed by atoms with Crippen LogP contribution >= 0.6 is 15.9 Å². The fourth-order valence-electron chi connectivity index (χ4n) is 1.76. The molecule has 1 saturated heterocycles. The van der Waals surface area contributed by atoms with Crippen LogP contribution in [0.4, 0.5) is 11.4 Å². The van der Waals surface area contributed by atoms with Crippen LogP contribution in [0.3, 0.4) is 0 Å². The molecule has 0 bridgehead atoms. The summed E-state index contributed by atoms with van der Waals surface area (Å²) in [5.74, 6) is 0. The molecule has 2 nitrogen and oxygen atoms in total. The summed E-state index contributed by atoms with van der Waals surface area (Å²) in [5, 5.41) is 0. The summed E-state index contributed by atoms with van der Waals surface area (Å²) in [6.45, 7) is 2.28. The van der Waals surface area contributed by atoms with Crippen LogP contribution in [0, 0.1) is 0 Å². The van der Waals surface area contributed by atoms with Crippen LogP contribution in [0.2, 0.25) is 0 Å². The minimum Gasteiger partial charge on any atom is -0.396 e. The molecule has 70 valence electrons. The molecule has 0 saturated carbocycles. The summed E-state index contributed by atoms with van der Waals surface area (Å²) in [6.07, 6.45) is 2.57. The second kappa shape index (κ2) is 3.58. The van der Waals surface area contributed by atoms with Crippen LogP contribution in [-0.4, -0.2) is 13.1 Å². The number of hydrogen-bond acceptors (Lipinski definition) is 2. The number of hydrogen-bond donors (Lipinski definition) is 1. The number of nitrogens with zero attached hydrogens (tertiary/aromatic N) is 1. The van der Waals surface area contributed by atoms with Crippen molar-refractivity contribution in [1.29, 1.82) is 0 Å². The lowest BCUT2D eigenvalue weighted by molar-refractivity contribution is 0.949. The summed E-state index contributed by atoms with van der Waals surface area (Å²) >= 11 is 3.44. The van der Waals surface area contributed by atoms with Crippen molar-refractivity contribution in [3.8, 4) is 0 Å². The van der Waals surface area contributed by atoms with Gasteiger partial charge in [-0.1, -0.05) is 6.07 Å². The smallest absolute Gasteiger partial charge is 0.0696 e. The van der Waals surface area contributed by atoms with Crippen molar-refractivity contribution in [2.75, 3.05) is 23.7 Å². The minimum absolute atomic E-state index is 0.865. The summed E-state index contributed by atoms with van der Waals surface area (Å²) in [5.41, 5.74) is 8.01. The van der Waals surface area contributed by atoms with Gasteiger partial charge in [-0.25, -0.2) is 0 Å². The molecule has 0 unspecified atom stereocenters. The lowest BCUT2D eigenvalue weighted by atomic mass is 10.2. The Hall–Kier alpha value is -0.700. The monoisotopic (exact) mass is 240 g/mol. The highest BCUT2D eigenvalue weighted by Gasteiger charge is 2.15. The third-order valence-electron chi connectivity index (χ3n) is 2.48. The highest BCUT2D eigenvalue weighted by atomic mass is 79.9. The Bertz CT molecular complexity index is 306. The highest BCUT2D eigenvalue weighted by molar-refractivity contribution is 9.10. The van der Waals surface area contributed by atoms with E-state index in [4.69, 9.17) is 5.73 Å². The van der Waals surface area contributed by atoms with Crippen molar-refractivity contribution >= 4 is 27.3 Å². The molecule has 0 atom stereocenters. The summed E-state index contributed by atoms with van der Waals surface area (Å²) in [6, 6.07) is 6.11. The molecular weight excluding hydrogens is 228 g/mol. The van der Waals surface area contributed by atoms with Gasteiger partial charge in [0.05, 0.1) is 11.4 Å². The van der Waals surface area contributed by atoms with Crippen LogP contribution in [0.1, 0.15) is 12.8 Å². The first-order valence-corrected chi connectivity index (χ1v) is 5.37. The van der Waals surface area contributed by atoms with E-state index in [2.05, 4.69) is 26.9 Å². The van der Waals surface area contributed by atoms with Crippen LogP contribution in [0.25, 0.3) is 0 Å². The zero-order chi connectivity index (χ0) is 9.26. The van der Waals surface area contributed by atoms with E-state index < -0.39 is 0 Å². The SMILES string of the molecule is Nc1c(Br)cccc1N1CCCC1. The molecule has 0 amide bonds. The minimum atomic E-state index is 0.865. The van der Waals surface area contributed by atoms with Gasteiger partial charge >= 0.3 is 0 Å². The Morgan fingerprint density at radius 1 is 1.23 bits per heavy atom. The van der Waals surface area contributed by atoms with Gasteiger partial charge in [0.2, 0.25) is 0 Å². The zero-order valence-electron chi connectivity index (χ0n) is 7.46. The number of nitrogens with two attached hydrogens (primary N) is 1. The molecule has 0 aromatic heterocycles. The molecule has 0 aliphatic carbocycles. The molecule has 1 aromatic rings. The second-order valence-electron chi connectivity index (χ2n) is 3.37. The van der Waals surface area contributed by atoms with Gasteiger partial charge < -0.3 is 10.6 Å². The number of rotatable bonds is 1. The number of anilines is 2. The molecule has 0 spiro atoms. The molecule has 2 N–H and O–H groups in total. The van der Waals surface area contributed by atoms with Crippen LogP contribution < -0.4 is 10.6 Å². The van der Waals surface area contributed by atoms with Gasteiger partial charge in [0.15, 0.2) is 0 Å². The maximum atomic E-state index is 5.97. The van der Waals surface area contributed by atoms with Crippen molar-refractivity contribution in [3.05, 3.63) is 22.7 Å². The predicted octanol–water partition coefficient (Wildman–Crippen LogP) is 2.63. The lowest BCUT2D eigenvalue weighted by Gasteiger charge is -2.20. The molecule has 1 aliphatic heterocycles. The number of para-hydroxylation sites is 1. The summed E-state index contributed by atoms with van der Waals surface area (Å²) < 4.78 is 0.997. The first-order valence-electron chi connectivity index (χ1n) is 4.58. The predicted molar refractivity (Wildman–Crippen MR) is 60.0 cm³/mol. The van der Waals surface area contributed by atoms with Crippen molar-refractivity contribution in [3.63, 3.8) is 0 Å². The number of benzene rings is 1.